The van der Waals surface area contributed by atoms with E-state index in [1.807, 2.05) is 86.6 Å². The fraction of sp³-hybridized carbons (Fsp3) is 0.0938. The molecule has 0 aliphatic carbocycles. The smallest absolute Gasteiger partial charge is 0.366 e. The van der Waals surface area contributed by atoms with Crippen molar-refractivity contribution in [3.63, 3.8) is 0 Å². The molecule has 5 rings (SSSR count). The average molecular weight is 503 g/mol. The standard InChI is InChI=1S/C32H26N2O4/c1-3-36-31-19-23(21-33-27-16-14-25(15-17-27)24-7-5-4-6-8-24)11-18-29(31)37-32(35)28-20-30(38-34-28)26-12-9-22(2)10-13-26/h4-21H,3H2,1-2H3. The van der Waals surface area contributed by atoms with Gasteiger partial charge in [-0.2, -0.15) is 0 Å². The number of aryl methyl sites for hydroxylation is 1. The van der Waals surface area contributed by atoms with Gasteiger partial charge in [0.05, 0.1) is 12.3 Å². The van der Waals surface area contributed by atoms with Crippen molar-refractivity contribution in [1.82, 2.24) is 5.16 Å². The first-order valence-corrected chi connectivity index (χ1v) is 12.3. The summed E-state index contributed by atoms with van der Waals surface area (Å²) < 4.78 is 16.7. The maximum atomic E-state index is 12.8. The maximum Gasteiger partial charge on any atom is 0.366 e. The third kappa shape index (κ3) is 5.87. The number of nitrogens with zero attached hydrogens (tertiary/aromatic N) is 2. The third-order valence-corrected chi connectivity index (χ3v) is 5.86. The largest absolute Gasteiger partial charge is 0.490 e. The molecule has 0 spiro atoms. The molecule has 1 heterocycles. The van der Waals surface area contributed by atoms with Gasteiger partial charge in [-0.3, -0.25) is 4.99 Å². The number of hydrogen-bond acceptors (Lipinski definition) is 6. The Kier molecular flexibility index (Phi) is 7.41. The number of carbonyl (C=O) groups is 1. The van der Waals surface area contributed by atoms with Crippen molar-refractivity contribution in [2.24, 2.45) is 4.99 Å². The average Bonchev–Trinajstić information content (AvgIpc) is 3.45. The highest BCUT2D eigenvalue weighted by Crippen LogP contribution is 2.30. The van der Waals surface area contributed by atoms with Gasteiger partial charge < -0.3 is 14.0 Å². The van der Waals surface area contributed by atoms with Crippen LogP contribution in [0.4, 0.5) is 5.69 Å². The molecule has 0 unspecified atom stereocenters. The normalized spacial score (nSPS) is 11.0. The molecule has 0 radical (unpaired) electrons. The Hall–Kier alpha value is -4.97. The van der Waals surface area contributed by atoms with Gasteiger partial charge in [-0.25, -0.2) is 4.79 Å². The molecule has 0 atom stereocenters. The summed E-state index contributed by atoms with van der Waals surface area (Å²) in [6.07, 6.45) is 1.75. The van der Waals surface area contributed by atoms with Gasteiger partial charge in [-0.05, 0) is 60.9 Å². The predicted molar refractivity (Wildman–Crippen MR) is 148 cm³/mol. The molecule has 0 aliphatic rings. The molecule has 38 heavy (non-hydrogen) atoms. The van der Waals surface area contributed by atoms with Gasteiger partial charge in [0.15, 0.2) is 23.0 Å². The molecule has 188 valence electrons. The van der Waals surface area contributed by atoms with Crippen LogP contribution >= 0.6 is 0 Å². The summed E-state index contributed by atoms with van der Waals surface area (Å²) in [7, 11) is 0. The fourth-order valence-electron chi connectivity index (χ4n) is 3.85. The van der Waals surface area contributed by atoms with Crippen molar-refractivity contribution in [3.8, 4) is 33.9 Å². The van der Waals surface area contributed by atoms with E-state index in [9.17, 15) is 4.79 Å². The second-order valence-corrected chi connectivity index (χ2v) is 8.64. The van der Waals surface area contributed by atoms with Gasteiger partial charge in [0.2, 0.25) is 0 Å². The Bertz CT molecular complexity index is 1550. The minimum absolute atomic E-state index is 0.0765. The fourth-order valence-corrected chi connectivity index (χ4v) is 3.85. The number of rotatable bonds is 8. The van der Waals surface area contributed by atoms with E-state index in [4.69, 9.17) is 14.0 Å². The molecule has 4 aromatic carbocycles. The van der Waals surface area contributed by atoms with Crippen LogP contribution in [-0.2, 0) is 0 Å². The molecule has 0 saturated carbocycles. The number of aromatic nitrogens is 1. The molecule has 0 saturated heterocycles. The Morgan fingerprint density at radius 1 is 0.842 bits per heavy atom. The molecular formula is C32H26N2O4. The topological polar surface area (TPSA) is 73.9 Å². The van der Waals surface area contributed by atoms with Crippen molar-refractivity contribution in [1.29, 1.82) is 0 Å². The molecule has 6 nitrogen and oxygen atoms in total. The first-order chi connectivity index (χ1) is 18.6. The number of ether oxygens (including phenoxy) is 2. The van der Waals surface area contributed by atoms with Gasteiger partial charge in [0.1, 0.15) is 0 Å². The lowest BCUT2D eigenvalue weighted by atomic mass is 10.1. The van der Waals surface area contributed by atoms with E-state index >= 15 is 0 Å². The van der Waals surface area contributed by atoms with E-state index in [-0.39, 0.29) is 5.69 Å². The monoisotopic (exact) mass is 502 g/mol. The van der Waals surface area contributed by atoms with E-state index in [0.717, 1.165) is 33.5 Å². The first-order valence-electron chi connectivity index (χ1n) is 12.3. The van der Waals surface area contributed by atoms with Gasteiger partial charge in [-0.15, -0.1) is 0 Å². The summed E-state index contributed by atoms with van der Waals surface area (Å²) in [4.78, 5) is 17.3. The Morgan fingerprint density at radius 2 is 1.55 bits per heavy atom. The van der Waals surface area contributed by atoms with Gasteiger partial charge >= 0.3 is 5.97 Å². The molecule has 0 fully saturated rings. The van der Waals surface area contributed by atoms with Crippen LogP contribution < -0.4 is 9.47 Å². The SMILES string of the molecule is CCOc1cc(C=Nc2ccc(-c3ccccc3)cc2)ccc1OC(=O)c1cc(-c2ccc(C)cc2)on1. The molecule has 0 aliphatic heterocycles. The van der Waals surface area contributed by atoms with Crippen molar-refractivity contribution in [3.05, 3.63) is 120 Å². The second kappa shape index (κ2) is 11.4. The molecule has 6 heteroatoms. The first kappa shape index (κ1) is 24.7. The predicted octanol–water partition coefficient (Wildman–Crippen LogP) is 7.69. The van der Waals surface area contributed by atoms with Crippen molar-refractivity contribution >= 4 is 17.9 Å². The van der Waals surface area contributed by atoms with Crippen LogP contribution in [0.3, 0.4) is 0 Å². The van der Waals surface area contributed by atoms with E-state index in [1.165, 1.54) is 0 Å². The van der Waals surface area contributed by atoms with Crippen molar-refractivity contribution in [2.75, 3.05) is 6.61 Å². The third-order valence-electron chi connectivity index (χ3n) is 5.86. The quantitative estimate of drug-likeness (QED) is 0.124. The summed E-state index contributed by atoms with van der Waals surface area (Å²) in [5, 5.41) is 3.88. The summed E-state index contributed by atoms with van der Waals surface area (Å²) in [6.45, 7) is 4.28. The van der Waals surface area contributed by atoms with Crippen LogP contribution in [0.15, 0.2) is 113 Å². The molecule has 1 aromatic heterocycles. The van der Waals surface area contributed by atoms with Crippen LogP contribution in [0.25, 0.3) is 22.5 Å². The van der Waals surface area contributed by atoms with Crippen LogP contribution in [-0.4, -0.2) is 23.9 Å². The Morgan fingerprint density at radius 3 is 2.29 bits per heavy atom. The van der Waals surface area contributed by atoms with Crippen molar-refractivity contribution in [2.45, 2.75) is 13.8 Å². The van der Waals surface area contributed by atoms with Gasteiger partial charge in [0, 0.05) is 17.8 Å². The second-order valence-electron chi connectivity index (χ2n) is 8.64. The minimum atomic E-state index is -0.631. The number of benzene rings is 4. The summed E-state index contributed by atoms with van der Waals surface area (Å²) in [5.74, 6) is 0.589. The highest BCUT2D eigenvalue weighted by atomic mass is 16.6. The molecule has 0 amide bonds. The Labute approximate surface area is 221 Å². The molecular weight excluding hydrogens is 476 g/mol. The number of hydrogen-bond donors (Lipinski definition) is 0. The zero-order valence-corrected chi connectivity index (χ0v) is 21.1. The lowest BCUT2D eigenvalue weighted by Crippen LogP contribution is -2.10. The van der Waals surface area contributed by atoms with Crippen LogP contribution in [0.2, 0.25) is 0 Å². The van der Waals surface area contributed by atoms with Crippen LogP contribution in [0, 0.1) is 6.92 Å². The molecule has 0 bridgehead atoms. The van der Waals surface area contributed by atoms with E-state index in [0.29, 0.717) is 23.9 Å². The maximum absolute atomic E-state index is 12.8. The van der Waals surface area contributed by atoms with Gasteiger partial charge in [0.25, 0.3) is 0 Å². The van der Waals surface area contributed by atoms with E-state index in [1.54, 1.807) is 24.4 Å². The van der Waals surface area contributed by atoms with Gasteiger partial charge in [-0.1, -0.05) is 77.5 Å². The van der Waals surface area contributed by atoms with Crippen LogP contribution in [0.5, 0.6) is 11.5 Å². The Balaban J connectivity index is 1.29. The molecule has 5 aromatic rings. The number of aliphatic imine (C=N–C) groups is 1. The number of esters is 1. The summed E-state index contributed by atoms with van der Waals surface area (Å²) in [5.41, 5.74) is 5.96. The van der Waals surface area contributed by atoms with E-state index < -0.39 is 5.97 Å². The lowest BCUT2D eigenvalue weighted by Gasteiger charge is -2.10. The highest BCUT2D eigenvalue weighted by molar-refractivity contribution is 5.91. The lowest BCUT2D eigenvalue weighted by molar-refractivity contribution is 0.0717. The van der Waals surface area contributed by atoms with Crippen LogP contribution in [0.1, 0.15) is 28.5 Å². The van der Waals surface area contributed by atoms with E-state index in [2.05, 4.69) is 22.3 Å². The molecule has 0 N–H and O–H groups in total. The summed E-state index contributed by atoms with van der Waals surface area (Å²) >= 11 is 0. The number of carbonyl (C=O) groups excluding carboxylic acids is 1. The zero-order chi connectivity index (χ0) is 26.3. The zero-order valence-electron chi connectivity index (χ0n) is 21.1. The minimum Gasteiger partial charge on any atom is -0.490 e. The highest BCUT2D eigenvalue weighted by Gasteiger charge is 2.18. The summed E-state index contributed by atoms with van der Waals surface area (Å²) in [6, 6.07) is 32.8. The van der Waals surface area contributed by atoms with Crippen molar-refractivity contribution < 1.29 is 18.8 Å².